The average molecular weight is 643 g/mol. The van der Waals surface area contributed by atoms with Gasteiger partial charge in [-0.3, -0.25) is 4.55 Å². The molecule has 0 aliphatic heterocycles. The van der Waals surface area contributed by atoms with Crippen LogP contribution in [-0.2, 0) is 16.0 Å². The first kappa shape index (κ1) is 36.8. The Morgan fingerprint density at radius 2 is 0.769 bits per heavy atom. The molecule has 0 heterocycles. The normalized spacial score (nSPS) is 15.7. The van der Waals surface area contributed by atoms with Crippen LogP contribution in [0.3, 0.4) is 0 Å². The van der Waals surface area contributed by atoms with Gasteiger partial charge in [-0.1, -0.05) is 18.2 Å². The molecule has 0 aliphatic carbocycles. The van der Waals surface area contributed by atoms with E-state index in [1.165, 1.54) is 0 Å². The molecule has 0 unspecified atom stereocenters. The topological polar surface area (TPSA) is 89.4 Å². The highest BCUT2D eigenvalue weighted by Crippen LogP contribution is 2.66. The summed E-state index contributed by atoms with van der Waals surface area (Å²) in [5.74, 6) is -68.6. The van der Waals surface area contributed by atoms with E-state index in [0.717, 1.165) is 0 Å². The summed E-state index contributed by atoms with van der Waals surface area (Å²) in [7, 11) is -6.16. The largest absolute Gasteiger partial charge is 0.460 e. The van der Waals surface area contributed by atoms with Gasteiger partial charge in [0.2, 0.25) is 0 Å². The molecule has 1 rings (SSSR count). The summed E-state index contributed by atoms with van der Waals surface area (Å²) in [6, 6.07) is -0.554. The van der Waals surface area contributed by atoms with Gasteiger partial charge in [0, 0.05) is 5.56 Å². The van der Waals surface area contributed by atoms with Crippen molar-refractivity contribution in [3.8, 4) is 0 Å². The first-order valence-corrected chi connectivity index (χ1v) is 9.83. The van der Waals surface area contributed by atoms with E-state index < -0.39 is 80.2 Å². The molecule has 0 radical (unpaired) electrons. The lowest BCUT2D eigenvalue weighted by Gasteiger charge is -2.43. The van der Waals surface area contributed by atoms with E-state index in [-0.39, 0.29) is 18.3 Å². The Morgan fingerprint density at radius 3 is 1.08 bits per heavy atom. The molecule has 0 amide bonds. The van der Waals surface area contributed by atoms with Crippen molar-refractivity contribution < 1.29 is 96.4 Å². The van der Waals surface area contributed by atoms with Gasteiger partial charge < -0.3 is 6.15 Å². The molecule has 230 valence electrons. The lowest BCUT2D eigenvalue weighted by molar-refractivity contribution is -0.469. The fourth-order valence-electron chi connectivity index (χ4n) is 2.48. The second kappa shape index (κ2) is 9.41. The highest BCUT2D eigenvalue weighted by molar-refractivity contribution is 7.85. The van der Waals surface area contributed by atoms with Gasteiger partial charge in [0.1, 0.15) is 4.90 Å². The number of halogens is 19. The molecule has 0 bridgehead atoms. The van der Waals surface area contributed by atoms with Crippen LogP contribution in [0, 0.1) is 0 Å². The zero-order valence-corrected chi connectivity index (χ0v) is 18.2. The summed E-state index contributed by atoms with van der Waals surface area (Å²) in [5, 5.41) is 0. The molecular weight excluding hydrogens is 635 g/mol. The number of hydrogen-bond donors (Lipinski definition) is 2. The SMILES string of the molecule is N.O=S(=O)(O)c1ccccc1C(F)(F)C(F)(F)C(F)(F)C(F)(F)C(F)(F)C(F)(F)C(F)(F)C(F)(F)C(F)(F)F. The molecule has 0 aliphatic rings. The highest BCUT2D eigenvalue weighted by Gasteiger charge is 2.96. The van der Waals surface area contributed by atoms with Gasteiger partial charge in [-0.25, -0.2) is 0 Å². The summed E-state index contributed by atoms with van der Waals surface area (Å²) in [6.07, 6.45) is -7.98. The van der Waals surface area contributed by atoms with Crippen molar-refractivity contribution in [2.24, 2.45) is 0 Å². The van der Waals surface area contributed by atoms with Crippen molar-refractivity contribution in [2.45, 2.75) is 58.5 Å². The van der Waals surface area contributed by atoms with Crippen LogP contribution >= 0.6 is 0 Å². The van der Waals surface area contributed by atoms with E-state index in [1.54, 1.807) is 0 Å². The van der Waals surface area contributed by atoms with Gasteiger partial charge >= 0.3 is 53.6 Å². The van der Waals surface area contributed by atoms with Gasteiger partial charge in [-0.05, 0) is 6.07 Å². The molecule has 0 aromatic heterocycles. The maximum atomic E-state index is 14.2. The summed E-state index contributed by atoms with van der Waals surface area (Å²) >= 11 is 0. The Morgan fingerprint density at radius 1 is 0.487 bits per heavy atom. The maximum Gasteiger partial charge on any atom is 0.460 e. The number of rotatable bonds is 9. The monoisotopic (exact) mass is 643 g/mol. The van der Waals surface area contributed by atoms with Gasteiger partial charge in [0.25, 0.3) is 10.1 Å². The predicted molar refractivity (Wildman–Crippen MR) is 85.9 cm³/mol. The Labute approximate surface area is 202 Å². The van der Waals surface area contributed by atoms with Gasteiger partial charge in [0.05, 0.1) is 0 Å². The van der Waals surface area contributed by atoms with Crippen molar-refractivity contribution >= 4 is 10.1 Å². The van der Waals surface area contributed by atoms with Crippen LogP contribution in [0.15, 0.2) is 29.2 Å². The minimum atomic E-state index is -9.09. The Kier molecular flexibility index (Phi) is 8.87. The fraction of sp³-hybridized carbons (Fsp3) is 0.600. The van der Waals surface area contributed by atoms with Crippen molar-refractivity contribution in [2.75, 3.05) is 0 Å². The minimum absolute atomic E-state index is 0. The van der Waals surface area contributed by atoms with Gasteiger partial charge in [-0.2, -0.15) is 91.8 Å². The van der Waals surface area contributed by atoms with Crippen molar-refractivity contribution in [3.63, 3.8) is 0 Å². The number of hydrogen-bond acceptors (Lipinski definition) is 3. The third kappa shape index (κ3) is 4.74. The molecule has 4 N–H and O–H groups in total. The molecule has 4 nitrogen and oxygen atoms in total. The Balaban J connectivity index is 0.0000144. The predicted octanol–water partition coefficient (Wildman–Crippen LogP) is 7.20. The third-order valence-corrected chi connectivity index (χ3v) is 5.53. The molecule has 0 saturated carbocycles. The van der Waals surface area contributed by atoms with E-state index in [4.69, 9.17) is 4.55 Å². The van der Waals surface area contributed by atoms with E-state index in [2.05, 4.69) is 0 Å². The molecular formula is C15H8F19NO3S. The van der Waals surface area contributed by atoms with Gasteiger partial charge in [-0.15, -0.1) is 0 Å². The lowest BCUT2D eigenvalue weighted by Crippen LogP contribution is -2.75. The molecule has 39 heavy (non-hydrogen) atoms. The smallest absolute Gasteiger partial charge is 0.344 e. The zero-order chi connectivity index (χ0) is 31.0. The average Bonchev–Trinajstić information content (AvgIpc) is 2.71. The van der Waals surface area contributed by atoms with Crippen LogP contribution in [0.4, 0.5) is 83.4 Å². The first-order valence-electron chi connectivity index (χ1n) is 8.39. The first-order chi connectivity index (χ1) is 16.2. The Bertz CT molecular complexity index is 1160. The molecule has 0 atom stereocenters. The summed E-state index contributed by atoms with van der Waals surface area (Å²) in [4.78, 5) is -2.49. The summed E-state index contributed by atoms with van der Waals surface area (Å²) in [6.45, 7) is 0. The van der Waals surface area contributed by atoms with Crippen molar-refractivity contribution in [1.29, 1.82) is 0 Å². The van der Waals surface area contributed by atoms with Crippen LogP contribution in [0.25, 0.3) is 0 Å². The minimum Gasteiger partial charge on any atom is -0.344 e. The lowest BCUT2D eigenvalue weighted by atomic mass is 9.86. The van der Waals surface area contributed by atoms with E-state index in [0.29, 0.717) is 6.07 Å². The van der Waals surface area contributed by atoms with Crippen molar-refractivity contribution in [3.05, 3.63) is 29.8 Å². The van der Waals surface area contributed by atoms with E-state index in [9.17, 15) is 91.8 Å². The second-order valence-corrected chi connectivity index (χ2v) is 8.45. The highest BCUT2D eigenvalue weighted by atomic mass is 32.2. The molecule has 1 aromatic carbocycles. The second-order valence-electron chi connectivity index (χ2n) is 7.06. The maximum absolute atomic E-state index is 14.2. The van der Waals surface area contributed by atoms with Crippen LogP contribution in [0.2, 0.25) is 0 Å². The van der Waals surface area contributed by atoms with E-state index >= 15 is 0 Å². The van der Waals surface area contributed by atoms with Crippen LogP contribution in [0.1, 0.15) is 5.56 Å². The molecule has 0 fully saturated rings. The Hall–Kier alpha value is -2.24. The van der Waals surface area contributed by atoms with Crippen LogP contribution in [0.5, 0.6) is 0 Å². The van der Waals surface area contributed by atoms with E-state index in [1.807, 2.05) is 0 Å². The molecule has 0 spiro atoms. The fourth-order valence-corrected chi connectivity index (χ4v) is 3.21. The van der Waals surface area contributed by atoms with Crippen LogP contribution < -0.4 is 6.15 Å². The quantitative estimate of drug-likeness (QED) is 0.220. The third-order valence-electron chi connectivity index (χ3n) is 4.62. The van der Waals surface area contributed by atoms with Crippen LogP contribution in [-0.4, -0.2) is 60.6 Å². The molecule has 0 saturated heterocycles. The van der Waals surface area contributed by atoms with Crippen molar-refractivity contribution in [1.82, 2.24) is 6.15 Å². The molecule has 1 aromatic rings. The summed E-state index contributed by atoms with van der Waals surface area (Å²) < 4.78 is 284. The number of alkyl halides is 19. The van der Waals surface area contributed by atoms with Gasteiger partial charge in [0.15, 0.2) is 0 Å². The molecule has 24 heteroatoms. The zero-order valence-electron chi connectivity index (χ0n) is 17.4. The standard InChI is InChI=1S/C15H5F19O3S.H3N/c16-7(17,5-3-1-2-4-6(5)38(35,36)37)8(18,19)9(20,21)10(22,23)11(24,25)12(26,27)13(28,29)14(30,31)15(32,33)34;/h1-4H,(H,35,36,37);1H3. The summed E-state index contributed by atoms with van der Waals surface area (Å²) in [5.41, 5.74) is -3.09. The number of benzene rings is 1.